The molecule has 0 saturated heterocycles. The largest absolute Gasteiger partial charge is 0.496 e. The number of carbonyl (C=O) groups excluding carboxylic acids is 1. The van der Waals surface area contributed by atoms with E-state index < -0.39 is 5.97 Å². The van der Waals surface area contributed by atoms with Crippen molar-refractivity contribution < 1.29 is 14.3 Å². The van der Waals surface area contributed by atoms with E-state index in [-0.39, 0.29) is 11.4 Å². The van der Waals surface area contributed by atoms with Gasteiger partial charge in [-0.3, -0.25) is 0 Å². The summed E-state index contributed by atoms with van der Waals surface area (Å²) in [6.45, 7) is 4.03. The monoisotopic (exact) mass is 368 g/mol. The summed E-state index contributed by atoms with van der Waals surface area (Å²) in [4.78, 5) is 12.4. The van der Waals surface area contributed by atoms with Gasteiger partial charge in [0.1, 0.15) is 11.3 Å². The number of hydrogen-bond acceptors (Lipinski definition) is 5. The molecule has 1 heterocycles. The summed E-state index contributed by atoms with van der Waals surface area (Å²) in [5, 5.41) is 8.59. The van der Waals surface area contributed by atoms with Crippen LogP contribution < -0.4 is 9.47 Å². The Morgan fingerprint density at radius 1 is 1.00 bits per heavy atom. The van der Waals surface area contributed by atoms with Crippen LogP contribution in [0.3, 0.4) is 0 Å². The summed E-state index contributed by atoms with van der Waals surface area (Å²) in [5.41, 5.74) is 4.16. The van der Waals surface area contributed by atoms with Gasteiger partial charge in [0, 0.05) is 16.7 Å². The highest BCUT2D eigenvalue weighted by atomic mass is 35.5. The van der Waals surface area contributed by atoms with Gasteiger partial charge >= 0.3 is 5.97 Å². The molecule has 0 amide bonds. The molecule has 0 atom stereocenters. The topological polar surface area (TPSA) is 61.3 Å². The van der Waals surface area contributed by atoms with Crippen LogP contribution >= 0.6 is 11.6 Å². The zero-order chi connectivity index (χ0) is 18.7. The van der Waals surface area contributed by atoms with Crippen LogP contribution in [0, 0.1) is 13.8 Å². The molecule has 0 saturated carbocycles. The zero-order valence-corrected chi connectivity index (χ0v) is 15.4. The fourth-order valence-electron chi connectivity index (χ4n) is 2.52. The first kappa shape index (κ1) is 17.9. The van der Waals surface area contributed by atoms with E-state index in [1.165, 1.54) is 13.2 Å². The van der Waals surface area contributed by atoms with E-state index in [0.717, 1.165) is 16.7 Å². The van der Waals surface area contributed by atoms with Gasteiger partial charge in [0.15, 0.2) is 0 Å². The van der Waals surface area contributed by atoms with Gasteiger partial charge < -0.3 is 9.47 Å². The zero-order valence-electron chi connectivity index (χ0n) is 14.6. The van der Waals surface area contributed by atoms with E-state index in [1.807, 2.05) is 32.0 Å². The average molecular weight is 369 g/mol. The van der Waals surface area contributed by atoms with Crippen molar-refractivity contribution in [1.82, 2.24) is 10.2 Å². The third kappa shape index (κ3) is 3.83. The van der Waals surface area contributed by atoms with Crippen molar-refractivity contribution in [1.29, 1.82) is 0 Å². The van der Waals surface area contributed by atoms with Gasteiger partial charge in [-0.15, -0.1) is 10.2 Å². The number of nitrogens with zero attached hydrogens (tertiary/aromatic N) is 2. The predicted molar refractivity (Wildman–Crippen MR) is 99.9 cm³/mol. The van der Waals surface area contributed by atoms with Gasteiger partial charge in [-0.1, -0.05) is 29.3 Å². The third-order valence-corrected chi connectivity index (χ3v) is 4.12. The number of aryl methyl sites for hydroxylation is 2. The number of hydrogen-bond donors (Lipinski definition) is 0. The highest BCUT2D eigenvalue weighted by molar-refractivity contribution is 6.31. The number of benzene rings is 2. The number of methoxy groups -OCH3 is 1. The number of aromatic nitrogens is 2. The minimum Gasteiger partial charge on any atom is -0.496 e. The van der Waals surface area contributed by atoms with Gasteiger partial charge in [-0.05, 0) is 49.7 Å². The second kappa shape index (κ2) is 7.54. The van der Waals surface area contributed by atoms with Crippen molar-refractivity contribution in [2.75, 3.05) is 7.11 Å². The molecule has 0 radical (unpaired) electrons. The van der Waals surface area contributed by atoms with Crippen molar-refractivity contribution in [3.8, 4) is 22.9 Å². The minimum absolute atomic E-state index is 0.103. The number of halogens is 1. The number of carbonyl (C=O) groups is 1. The van der Waals surface area contributed by atoms with Gasteiger partial charge in [-0.25, -0.2) is 4.79 Å². The van der Waals surface area contributed by atoms with Crippen molar-refractivity contribution in [3.05, 3.63) is 70.2 Å². The first-order valence-electron chi connectivity index (χ1n) is 7.95. The van der Waals surface area contributed by atoms with E-state index >= 15 is 0 Å². The molecule has 5 nitrogen and oxygen atoms in total. The lowest BCUT2D eigenvalue weighted by Gasteiger charge is -2.09. The van der Waals surface area contributed by atoms with Crippen LogP contribution in [0.15, 0.2) is 48.5 Å². The Morgan fingerprint density at radius 2 is 1.81 bits per heavy atom. The fraction of sp³-hybridized carbons (Fsp3) is 0.150. The lowest BCUT2D eigenvalue weighted by atomic mass is 10.0. The molecule has 0 fully saturated rings. The first-order valence-corrected chi connectivity index (χ1v) is 8.33. The van der Waals surface area contributed by atoms with E-state index in [0.29, 0.717) is 16.5 Å². The van der Waals surface area contributed by atoms with Crippen molar-refractivity contribution in [2.45, 2.75) is 13.8 Å². The molecule has 6 heteroatoms. The summed E-state index contributed by atoms with van der Waals surface area (Å²) in [7, 11) is 1.47. The standard InChI is InChI=1S/C20H17ClN2O3/c1-12-4-5-13(2)15(10-12)17-7-9-19(23-22-17)26-20(24)16-11-14(21)6-8-18(16)25-3/h4-11H,1-3H3. The summed E-state index contributed by atoms with van der Waals surface area (Å²) < 4.78 is 10.5. The van der Waals surface area contributed by atoms with Gasteiger partial charge in [0.25, 0.3) is 0 Å². The van der Waals surface area contributed by atoms with Crippen LogP contribution in [0.1, 0.15) is 21.5 Å². The summed E-state index contributed by atoms with van der Waals surface area (Å²) in [6, 6.07) is 14.2. The number of ether oxygens (including phenoxy) is 2. The average Bonchev–Trinajstić information content (AvgIpc) is 2.64. The maximum absolute atomic E-state index is 12.4. The smallest absolute Gasteiger partial charge is 0.348 e. The van der Waals surface area contributed by atoms with Crippen LogP contribution in [0.4, 0.5) is 0 Å². The first-order chi connectivity index (χ1) is 12.5. The van der Waals surface area contributed by atoms with E-state index in [9.17, 15) is 4.79 Å². The van der Waals surface area contributed by atoms with Gasteiger partial charge in [-0.2, -0.15) is 0 Å². The molecule has 132 valence electrons. The highest BCUT2D eigenvalue weighted by Crippen LogP contribution is 2.25. The second-order valence-electron chi connectivity index (χ2n) is 5.81. The third-order valence-electron chi connectivity index (χ3n) is 3.89. The summed E-state index contributed by atoms with van der Waals surface area (Å²) in [6.07, 6.45) is 0. The molecule has 26 heavy (non-hydrogen) atoms. The van der Waals surface area contributed by atoms with Crippen molar-refractivity contribution in [2.24, 2.45) is 0 Å². The highest BCUT2D eigenvalue weighted by Gasteiger charge is 2.16. The molecule has 3 rings (SSSR count). The maximum Gasteiger partial charge on any atom is 0.348 e. The lowest BCUT2D eigenvalue weighted by molar-refractivity contribution is 0.0722. The normalized spacial score (nSPS) is 10.5. The Kier molecular flexibility index (Phi) is 5.19. The fourth-order valence-corrected chi connectivity index (χ4v) is 2.69. The molecule has 2 aromatic carbocycles. The molecule has 0 N–H and O–H groups in total. The molecule has 0 spiro atoms. The number of esters is 1. The molecular formula is C20H17ClN2O3. The van der Waals surface area contributed by atoms with Crippen LogP contribution in [-0.2, 0) is 0 Å². The van der Waals surface area contributed by atoms with Crippen molar-refractivity contribution >= 4 is 17.6 Å². The van der Waals surface area contributed by atoms with Crippen molar-refractivity contribution in [3.63, 3.8) is 0 Å². The molecule has 1 aromatic heterocycles. The Bertz CT molecular complexity index is 956. The molecule has 0 unspecified atom stereocenters. The summed E-state index contributed by atoms with van der Waals surface area (Å²) >= 11 is 5.95. The maximum atomic E-state index is 12.4. The van der Waals surface area contributed by atoms with Crippen LogP contribution in [0.2, 0.25) is 5.02 Å². The van der Waals surface area contributed by atoms with Crippen LogP contribution in [0.25, 0.3) is 11.3 Å². The Hall–Kier alpha value is -2.92. The Labute approximate surface area is 156 Å². The lowest BCUT2D eigenvalue weighted by Crippen LogP contribution is -2.11. The van der Waals surface area contributed by atoms with E-state index in [4.69, 9.17) is 21.1 Å². The van der Waals surface area contributed by atoms with Gasteiger partial charge in [0.05, 0.1) is 12.8 Å². The Balaban J connectivity index is 1.83. The van der Waals surface area contributed by atoms with E-state index in [2.05, 4.69) is 10.2 Å². The van der Waals surface area contributed by atoms with E-state index in [1.54, 1.807) is 24.3 Å². The quantitative estimate of drug-likeness (QED) is 0.628. The van der Waals surface area contributed by atoms with Crippen LogP contribution in [0.5, 0.6) is 11.6 Å². The number of rotatable bonds is 4. The van der Waals surface area contributed by atoms with Gasteiger partial charge in [0.2, 0.25) is 5.88 Å². The molecular weight excluding hydrogens is 352 g/mol. The predicted octanol–water partition coefficient (Wildman–Crippen LogP) is 4.64. The molecule has 0 aliphatic carbocycles. The second-order valence-corrected chi connectivity index (χ2v) is 6.25. The molecule has 0 bridgehead atoms. The molecule has 0 aliphatic heterocycles. The van der Waals surface area contributed by atoms with Crippen LogP contribution in [-0.4, -0.2) is 23.3 Å². The molecule has 0 aliphatic rings. The summed E-state index contributed by atoms with van der Waals surface area (Å²) in [5.74, 6) is -0.136. The SMILES string of the molecule is COc1ccc(Cl)cc1C(=O)Oc1ccc(-c2cc(C)ccc2C)nn1. The Morgan fingerprint density at radius 3 is 2.50 bits per heavy atom. The minimum atomic E-state index is -0.613. The molecule has 3 aromatic rings.